The third-order valence-electron chi connectivity index (χ3n) is 2.20. The number of carbonyl (C=O) groups is 2. The molecule has 2 rings (SSSR count). The topological polar surface area (TPSA) is 104 Å². The summed E-state index contributed by atoms with van der Waals surface area (Å²) >= 11 is 1.01. The highest BCUT2D eigenvalue weighted by atomic mass is 32.1. The average molecular weight is 267 g/mol. The van der Waals surface area contributed by atoms with E-state index in [0.717, 1.165) is 11.3 Å². The van der Waals surface area contributed by atoms with Gasteiger partial charge in [0.25, 0.3) is 11.5 Å². The average Bonchev–Trinajstić information content (AvgIpc) is 2.87. The molecule has 0 saturated heterocycles. The zero-order valence-electron chi connectivity index (χ0n) is 9.26. The van der Waals surface area contributed by atoms with Crippen molar-refractivity contribution in [2.75, 3.05) is 5.32 Å². The predicted molar refractivity (Wildman–Crippen MR) is 65.3 cm³/mol. The zero-order valence-corrected chi connectivity index (χ0v) is 10.1. The Hall–Kier alpha value is -2.35. The molecule has 0 radical (unpaired) electrons. The molecule has 0 aliphatic heterocycles. The Kier molecular flexibility index (Phi) is 3.02. The lowest BCUT2D eigenvalue weighted by atomic mass is 10.3. The molecule has 0 unspecified atom stereocenters. The van der Waals surface area contributed by atoms with Crippen molar-refractivity contribution in [3.8, 4) is 0 Å². The quantitative estimate of drug-likeness (QED) is 0.762. The van der Waals surface area contributed by atoms with Crippen LogP contribution in [0.15, 0.2) is 22.3 Å². The Morgan fingerprint density at radius 3 is 2.67 bits per heavy atom. The number of aromatic amines is 1. The number of aryl methyl sites for hydroxylation is 1. The number of anilines is 1. The van der Waals surface area contributed by atoms with E-state index < -0.39 is 11.9 Å². The van der Waals surface area contributed by atoms with Crippen molar-refractivity contribution in [3.05, 3.63) is 38.4 Å². The molecule has 94 valence electrons. The molecular weight excluding hydrogens is 258 g/mol. The predicted octanol–water partition coefficient (Wildman–Crippen LogP) is 0.725. The Morgan fingerprint density at radius 2 is 2.17 bits per heavy atom. The van der Waals surface area contributed by atoms with Crippen LogP contribution in [0.1, 0.15) is 20.2 Å². The van der Waals surface area contributed by atoms with Crippen LogP contribution in [0.3, 0.4) is 0 Å². The number of rotatable bonds is 3. The van der Waals surface area contributed by atoms with Gasteiger partial charge in [0.1, 0.15) is 10.6 Å². The fraction of sp³-hybridized carbons (Fsp3) is 0.100. The number of carbonyl (C=O) groups excluding carboxylic acids is 1. The second kappa shape index (κ2) is 4.49. The van der Waals surface area contributed by atoms with Gasteiger partial charge in [-0.1, -0.05) is 0 Å². The Labute approximate surface area is 105 Å². The van der Waals surface area contributed by atoms with Crippen molar-refractivity contribution in [2.45, 2.75) is 0 Å². The minimum Gasteiger partial charge on any atom is -0.477 e. The first-order valence-corrected chi connectivity index (χ1v) is 5.74. The maximum absolute atomic E-state index is 11.7. The first-order valence-electron chi connectivity index (χ1n) is 4.86. The van der Waals surface area contributed by atoms with Gasteiger partial charge in [0, 0.05) is 18.5 Å². The second-order valence-corrected chi connectivity index (χ2v) is 4.44. The number of amides is 1. The molecule has 0 bridgehead atoms. The van der Waals surface area contributed by atoms with Crippen molar-refractivity contribution >= 4 is 28.9 Å². The van der Waals surface area contributed by atoms with Crippen molar-refractivity contribution in [1.29, 1.82) is 0 Å². The Morgan fingerprint density at radius 1 is 1.44 bits per heavy atom. The summed E-state index contributed by atoms with van der Waals surface area (Å²) in [5, 5.41) is 15.3. The van der Waals surface area contributed by atoms with Crippen LogP contribution in [0.25, 0.3) is 0 Å². The van der Waals surface area contributed by atoms with E-state index in [1.54, 1.807) is 0 Å². The molecule has 8 heteroatoms. The molecular formula is C10H9N3O4S. The van der Waals surface area contributed by atoms with Crippen LogP contribution in [-0.4, -0.2) is 26.8 Å². The molecule has 0 saturated carbocycles. The summed E-state index contributed by atoms with van der Waals surface area (Å²) in [6.45, 7) is 0. The van der Waals surface area contributed by atoms with E-state index in [-0.39, 0.29) is 16.1 Å². The summed E-state index contributed by atoms with van der Waals surface area (Å²) in [6, 6.07) is 2.52. The van der Waals surface area contributed by atoms with E-state index in [1.165, 1.54) is 29.2 Å². The number of hydrogen-bond acceptors (Lipinski definition) is 4. The SMILES string of the molecule is Cn1[nH]c(C(=O)Nc2csc(C(=O)O)c2)cc1=O. The molecule has 0 atom stereocenters. The minimum absolute atomic E-state index is 0.116. The van der Waals surface area contributed by atoms with E-state index in [9.17, 15) is 14.4 Å². The first kappa shape index (κ1) is 12.1. The molecule has 0 aliphatic rings. The standard InChI is InChI=1S/C10H9N3O4S/c1-13-8(14)3-6(12-13)9(15)11-5-2-7(10(16)17)18-4-5/h2-4,12H,1H3,(H,11,15)(H,16,17). The largest absolute Gasteiger partial charge is 0.477 e. The monoisotopic (exact) mass is 267 g/mol. The van der Waals surface area contributed by atoms with Crippen LogP contribution >= 0.6 is 11.3 Å². The van der Waals surface area contributed by atoms with Crippen molar-refractivity contribution in [1.82, 2.24) is 9.78 Å². The van der Waals surface area contributed by atoms with Gasteiger partial charge < -0.3 is 10.4 Å². The van der Waals surface area contributed by atoms with Gasteiger partial charge >= 0.3 is 5.97 Å². The molecule has 3 N–H and O–H groups in total. The number of carboxylic acids is 1. The lowest BCUT2D eigenvalue weighted by molar-refractivity contribution is 0.0702. The third kappa shape index (κ3) is 2.33. The van der Waals surface area contributed by atoms with Gasteiger partial charge in [-0.25, -0.2) is 4.79 Å². The number of aromatic carboxylic acids is 1. The van der Waals surface area contributed by atoms with E-state index >= 15 is 0 Å². The molecule has 2 heterocycles. The third-order valence-corrected chi connectivity index (χ3v) is 3.12. The molecule has 2 aromatic heterocycles. The van der Waals surface area contributed by atoms with Gasteiger partial charge in [-0.05, 0) is 6.07 Å². The van der Waals surface area contributed by atoms with Gasteiger partial charge in [-0.3, -0.25) is 19.4 Å². The highest BCUT2D eigenvalue weighted by Gasteiger charge is 2.12. The maximum atomic E-state index is 11.7. The molecule has 0 aromatic carbocycles. The molecule has 7 nitrogen and oxygen atoms in total. The van der Waals surface area contributed by atoms with Crippen molar-refractivity contribution in [3.63, 3.8) is 0 Å². The van der Waals surface area contributed by atoms with Crippen LogP contribution in [0.2, 0.25) is 0 Å². The number of H-pyrrole nitrogens is 1. The first-order chi connectivity index (χ1) is 8.47. The number of hydrogen-bond donors (Lipinski definition) is 3. The van der Waals surface area contributed by atoms with Gasteiger partial charge in [0.2, 0.25) is 0 Å². The number of thiophene rings is 1. The number of carboxylic acid groups (broad SMARTS) is 1. The van der Waals surface area contributed by atoms with Gasteiger partial charge in [0.05, 0.1) is 5.69 Å². The lowest BCUT2D eigenvalue weighted by Crippen LogP contribution is -2.12. The minimum atomic E-state index is -1.05. The molecule has 0 aliphatic carbocycles. The van der Waals surface area contributed by atoms with Gasteiger partial charge in [0.15, 0.2) is 0 Å². The number of nitrogens with one attached hydrogen (secondary N) is 2. The maximum Gasteiger partial charge on any atom is 0.345 e. The normalized spacial score (nSPS) is 10.3. The van der Waals surface area contributed by atoms with E-state index in [4.69, 9.17) is 5.11 Å². The highest BCUT2D eigenvalue weighted by molar-refractivity contribution is 7.12. The van der Waals surface area contributed by atoms with Crippen LogP contribution in [0.5, 0.6) is 0 Å². The van der Waals surface area contributed by atoms with E-state index in [2.05, 4.69) is 10.4 Å². The van der Waals surface area contributed by atoms with Crippen LogP contribution in [0.4, 0.5) is 5.69 Å². The van der Waals surface area contributed by atoms with Gasteiger partial charge in [-0.15, -0.1) is 11.3 Å². The zero-order chi connectivity index (χ0) is 13.3. The summed E-state index contributed by atoms with van der Waals surface area (Å²) in [5.41, 5.74) is 0.175. The number of aromatic nitrogens is 2. The molecule has 0 spiro atoms. The lowest BCUT2D eigenvalue weighted by Gasteiger charge is -1.99. The molecule has 18 heavy (non-hydrogen) atoms. The number of nitrogens with zero attached hydrogens (tertiary/aromatic N) is 1. The van der Waals surface area contributed by atoms with Gasteiger partial charge in [-0.2, -0.15) is 0 Å². The molecule has 2 aromatic rings. The van der Waals surface area contributed by atoms with Crippen molar-refractivity contribution in [2.24, 2.45) is 7.05 Å². The van der Waals surface area contributed by atoms with E-state index in [1.807, 2.05) is 0 Å². The van der Waals surface area contributed by atoms with E-state index in [0.29, 0.717) is 5.69 Å². The summed E-state index contributed by atoms with van der Waals surface area (Å²) in [4.78, 5) is 33.7. The van der Waals surface area contributed by atoms with Crippen molar-refractivity contribution < 1.29 is 14.7 Å². The van der Waals surface area contributed by atoms with Crippen LogP contribution in [0, 0.1) is 0 Å². The highest BCUT2D eigenvalue weighted by Crippen LogP contribution is 2.19. The summed E-state index contributed by atoms with van der Waals surface area (Å²) in [6.07, 6.45) is 0. The fourth-order valence-corrected chi connectivity index (χ4v) is 1.99. The summed E-state index contributed by atoms with van der Waals surface area (Å²) in [5.74, 6) is -1.55. The second-order valence-electron chi connectivity index (χ2n) is 3.53. The molecule has 1 amide bonds. The summed E-state index contributed by atoms with van der Waals surface area (Å²) in [7, 11) is 1.49. The Balaban J connectivity index is 2.15. The fourth-order valence-electron chi connectivity index (χ4n) is 1.32. The van der Waals surface area contributed by atoms with Crippen LogP contribution < -0.4 is 10.9 Å². The smallest absolute Gasteiger partial charge is 0.345 e. The molecule has 0 fully saturated rings. The van der Waals surface area contributed by atoms with Crippen LogP contribution in [-0.2, 0) is 7.05 Å². The Bertz CT molecular complexity index is 667. The summed E-state index contributed by atoms with van der Waals surface area (Å²) < 4.78 is 1.17.